The number of benzene rings is 1. The van der Waals surface area contributed by atoms with E-state index in [1.54, 1.807) is 18.5 Å². The highest BCUT2D eigenvalue weighted by Gasteiger charge is 2.10. The molecule has 0 radical (unpaired) electrons. The predicted molar refractivity (Wildman–Crippen MR) is 58.8 cm³/mol. The zero-order chi connectivity index (χ0) is 11.5. The highest BCUT2D eigenvalue weighted by atomic mass is 19.1. The lowest BCUT2D eigenvalue weighted by atomic mass is 10.0. The number of aromatic nitrogens is 1. The topological polar surface area (TPSA) is 30.0 Å². The monoisotopic (exact) mass is 215 g/mol. The van der Waals surface area contributed by atoms with Crippen molar-refractivity contribution in [3.63, 3.8) is 0 Å². The number of hydrogen-bond donors (Lipinski definition) is 0. The van der Waals surface area contributed by atoms with Gasteiger partial charge in [0.05, 0.1) is 0 Å². The molecule has 0 N–H and O–H groups in total. The number of halogens is 1. The maximum absolute atomic E-state index is 12.7. The van der Waals surface area contributed by atoms with Crippen LogP contribution in [0.1, 0.15) is 21.5 Å². The normalized spacial score (nSPS) is 10.1. The van der Waals surface area contributed by atoms with Gasteiger partial charge >= 0.3 is 0 Å². The second-order valence-electron chi connectivity index (χ2n) is 3.53. The number of carbonyl (C=O) groups excluding carboxylic acids is 1. The molecule has 0 atom stereocenters. The highest BCUT2D eigenvalue weighted by Crippen LogP contribution is 2.13. The molecule has 2 rings (SSSR count). The largest absolute Gasteiger partial charge is 0.289 e. The van der Waals surface area contributed by atoms with Crippen LogP contribution in [-0.2, 0) is 0 Å². The molecule has 2 nitrogen and oxygen atoms in total. The minimum absolute atomic E-state index is 0.111. The maximum Gasteiger partial charge on any atom is 0.193 e. The van der Waals surface area contributed by atoms with Gasteiger partial charge in [0.1, 0.15) is 5.82 Å². The van der Waals surface area contributed by atoms with Crippen LogP contribution in [-0.4, -0.2) is 10.8 Å². The van der Waals surface area contributed by atoms with Crippen LogP contribution in [0.5, 0.6) is 0 Å². The summed E-state index contributed by atoms with van der Waals surface area (Å²) in [5, 5.41) is 0. The summed E-state index contributed by atoms with van der Waals surface area (Å²) in [7, 11) is 0. The first-order valence-electron chi connectivity index (χ1n) is 4.89. The molecule has 2 aromatic rings. The van der Waals surface area contributed by atoms with Gasteiger partial charge < -0.3 is 0 Å². The van der Waals surface area contributed by atoms with Gasteiger partial charge in [-0.2, -0.15) is 0 Å². The van der Waals surface area contributed by atoms with Crippen LogP contribution < -0.4 is 0 Å². The van der Waals surface area contributed by atoms with Gasteiger partial charge in [0.25, 0.3) is 0 Å². The van der Waals surface area contributed by atoms with Crippen molar-refractivity contribution in [3.8, 4) is 0 Å². The molecular formula is C13H10FNO. The molecule has 0 aliphatic heterocycles. The van der Waals surface area contributed by atoms with E-state index in [9.17, 15) is 9.18 Å². The van der Waals surface area contributed by atoms with Crippen molar-refractivity contribution >= 4 is 5.78 Å². The summed E-state index contributed by atoms with van der Waals surface area (Å²) in [5.74, 6) is -0.456. The van der Waals surface area contributed by atoms with Crippen molar-refractivity contribution in [2.24, 2.45) is 0 Å². The number of carbonyl (C=O) groups is 1. The molecule has 1 aromatic heterocycles. The highest BCUT2D eigenvalue weighted by molar-refractivity contribution is 6.09. The lowest BCUT2D eigenvalue weighted by Crippen LogP contribution is -2.03. The van der Waals surface area contributed by atoms with Crippen LogP contribution >= 0.6 is 0 Å². The molecule has 0 spiro atoms. The minimum atomic E-state index is -0.344. The van der Waals surface area contributed by atoms with E-state index in [1.165, 1.54) is 24.3 Å². The lowest BCUT2D eigenvalue weighted by Gasteiger charge is -2.03. The molecule has 1 heterocycles. The van der Waals surface area contributed by atoms with Gasteiger partial charge in [0.15, 0.2) is 5.78 Å². The Balaban J connectivity index is 2.40. The van der Waals surface area contributed by atoms with Crippen molar-refractivity contribution in [2.75, 3.05) is 0 Å². The second-order valence-corrected chi connectivity index (χ2v) is 3.53. The van der Waals surface area contributed by atoms with Crippen molar-refractivity contribution < 1.29 is 9.18 Å². The van der Waals surface area contributed by atoms with E-state index in [0.717, 1.165) is 5.56 Å². The van der Waals surface area contributed by atoms with Crippen molar-refractivity contribution in [2.45, 2.75) is 6.92 Å². The molecule has 0 aliphatic carbocycles. The third kappa shape index (κ3) is 1.98. The fourth-order valence-corrected chi connectivity index (χ4v) is 1.48. The summed E-state index contributed by atoms with van der Waals surface area (Å²) in [5.41, 5.74) is 1.90. The Labute approximate surface area is 92.8 Å². The first-order valence-corrected chi connectivity index (χ1v) is 4.89. The summed E-state index contributed by atoms with van der Waals surface area (Å²) in [4.78, 5) is 16.0. The number of nitrogens with zero attached hydrogens (tertiary/aromatic N) is 1. The summed E-state index contributed by atoms with van der Waals surface area (Å²) in [6.45, 7) is 1.82. The molecule has 0 amide bonds. The van der Waals surface area contributed by atoms with Gasteiger partial charge in [-0.3, -0.25) is 9.78 Å². The van der Waals surface area contributed by atoms with Gasteiger partial charge in [-0.15, -0.1) is 0 Å². The summed E-state index contributed by atoms with van der Waals surface area (Å²) < 4.78 is 12.7. The van der Waals surface area contributed by atoms with Crippen LogP contribution in [0.25, 0.3) is 0 Å². The zero-order valence-corrected chi connectivity index (χ0v) is 8.77. The quantitative estimate of drug-likeness (QED) is 0.721. The molecule has 0 saturated carbocycles. The van der Waals surface area contributed by atoms with E-state index in [1.807, 2.05) is 6.92 Å². The Morgan fingerprint density at radius 2 is 1.88 bits per heavy atom. The number of rotatable bonds is 2. The molecule has 16 heavy (non-hydrogen) atoms. The Hall–Kier alpha value is -2.03. The van der Waals surface area contributed by atoms with E-state index >= 15 is 0 Å². The molecule has 1 aromatic carbocycles. The predicted octanol–water partition coefficient (Wildman–Crippen LogP) is 2.76. The number of pyridine rings is 1. The van der Waals surface area contributed by atoms with Gasteiger partial charge in [0.2, 0.25) is 0 Å². The third-order valence-corrected chi connectivity index (χ3v) is 2.37. The van der Waals surface area contributed by atoms with Crippen molar-refractivity contribution in [1.29, 1.82) is 0 Å². The molecule has 0 fully saturated rings. The van der Waals surface area contributed by atoms with Crippen molar-refractivity contribution in [1.82, 2.24) is 4.98 Å². The summed E-state index contributed by atoms with van der Waals surface area (Å²) in [6.07, 6.45) is 3.21. The average Bonchev–Trinajstić information content (AvgIpc) is 2.30. The van der Waals surface area contributed by atoms with E-state index in [4.69, 9.17) is 0 Å². The first-order chi connectivity index (χ1) is 7.68. The van der Waals surface area contributed by atoms with Crippen LogP contribution in [0, 0.1) is 12.7 Å². The summed E-state index contributed by atoms with van der Waals surface area (Å²) in [6, 6.07) is 7.20. The molecule has 80 valence electrons. The molecular weight excluding hydrogens is 205 g/mol. The Bertz CT molecular complexity index is 520. The van der Waals surface area contributed by atoms with E-state index in [-0.39, 0.29) is 11.6 Å². The Morgan fingerprint density at radius 3 is 2.50 bits per heavy atom. The van der Waals surface area contributed by atoms with Gasteiger partial charge in [-0.1, -0.05) is 0 Å². The number of aryl methyl sites for hydroxylation is 1. The van der Waals surface area contributed by atoms with Gasteiger partial charge in [-0.05, 0) is 42.8 Å². The molecule has 0 unspecified atom stereocenters. The smallest absolute Gasteiger partial charge is 0.193 e. The summed E-state index contributed by atoms with van der Waals surface area (Å²) >= 11 is 0. The van der Waals surface area contributed by atoms with Crippen LogP contribution in [0.3, 0.4) is 0 Å². The van der Waals surface area contributed by atoms with Crippen LogP contribution in [0.2, 0.25) is 0 Å². The number of hydrogen-bond acceptors (Lipinski definition) is 2. The maximum atomic E-state index is 12.7. The van der Waals surface area contributed by atoms with Crippen molar-refractivity contribution in [3.05, 3.63) is 65.2 Å². The molecule has 3 heteroatoms. The van der Waals surface area contributed by atoms with Crippen LogP contribution in [0.4, 0.5) is 4.39 Å². The lowest BCUT2D eigenvalue weighted by molar-refractivity contribution is 0.103. The SMILES string of the molecule is Cc1cnccc1C(=O)c1ccc(F)cc1. The molecule has 0 saturated heterocycles. The van der Waals surface area contributed by atoms with E-state index in [0.29, 0.717) is 11.1 Å². The van der Waals surface area contributed by atoms with E-state index < -0.39 is 0 Å². The second kappa shape index (κ2) is 4.23. The van der Waals surface area contributed by atoms with E-state index in [2.05, 4.69) is 4.98 Å². The average molecular weight is 215 g/mol. The first kappa shape index (κ1) is 10.5. The molecule has 0 bridgehead atoms. The van der Waals surface area contributed by atoms with Gasteiger partial charge in [-0.25, -0.2) is 4.39 Å². The Morgan fingerprint density at radius 1 is 1.19 bits per heavy atom. The Kier molecular flexibility index (Phi) is 2.77. The fourth-order valence-electron chi connectivity index (χ4n) is 1.48. The van der Waals surface area contributed by atoms with Gasteiger partial charge in [0, 0.05) is 23.5 Å². The zero-order valence-electron chi connectivity index (χ0n) is 8.77. The number of ketones is 1. The molecule has 0 aliphatic rings. The standard InChI is InChI=1S/C13H10FNO/c1-9-8-15-7-6-12(9)13(16)10-2-4-11(14)5-3-10/h2-8H,1H3. The minimum Gasteiger partial charge on any atom is -0.289 e. The fraction of sp³-hybridized carbons (Fsp3) is 0.0769. The van der Waals surface area contributed by atoms with Crippen LogP contribution in [0.15, 0.2) is 42.7 Å². The third-order valence-electron chi connectivity index (χ3n) is 2.37.